The Kier molecular flexibility index (Phi) is 6.01. The second-order valence-electron chi connectivity index (χ2n) is 6.78. The number of carbonyl (C=O) groups excluding carboxylic acids is 2. The van der Waals surface area contributed by atoms with Gasteiger partial charge in [-0.2, -0.15) is 18.3 Å². The van der Waals surface area contributed by atoms with Crippen molar-refractivity contribution in [2.75, 3.05) is 11.9 Å². The monoisotopic (exact) mass is 394 g/mol. The minimum atomic E-state index is -4.37. The van der Waals surface area contributed by atoms with E-state index in [1.807, 2.05) is 18.2 Å². The average molecular weight is 394 g/mol. The molecule has 0 bridgehead atoms. The predicted molar refractivity (Wildman–Crippen MR) is 96.3 cm³/mol. The fourth-order valence-corrected chi connectivity index (χ4v) is 3.19. The number of fused-ring (bicyclic) bond motifs is 1. The van der Waals surface area contributed by atoms with Crippen LogP contribution in [0.2, 0.25) is 0 Å². The van der Waals surface area contributed by atoms with Gasteiger partial charge >= 0.3 is 6.18 Å². The van der Waals surface area contributed by atoms with E-state index in [2.05, 4.69) is 16.5 Å². The Morgan fingerprint density at radius 3 is 2.64 bits per heavy atom. The number of nitrogens with one attached hydrogen (secondary N) is 1. The van der Waals surface area contributed by atoms with Gasteiger partial charge < -0.3 is 10.2 Å². The highest BCUT2D eigenvalue weighted by Gasteiger charge is 2.28. The van der Waals surface area contributed by atoms with Gasteiger partial charge in [-0.25, -0.2) is 0 Å². The first-order chi connectivity index (χ1) is 13.3. The van der Waals surface area contributed by atoms with E-state index >= 15 is 0 Å². The van der Waals surface area contributed by atoms with Gasteiger partial charge in [-0.1, -0.05) is 24.3 Å². The van der Waals surface area contributed by atoms with Gasteiger partial charge in [0, 0.05) is 32.1 Å². The molecule has 1 N–H and O–H groups in total. The Morgan fingerprint density at radius 1 is 1.14 bits per heavy atom. The number of nitrogens with zero attached hydrogens (tertiary/aromatic N) is 3. The summed E-state index contributed by atoms with van der Waals surface area (Å²) in [6.45, 7) is 0.0381. The van der Waals surface area contributed by atoms with Crippen molar-refractivity contribution in [1.29, 1.82) is 0 Å². The molecule has 1 aliphatic heterocycles. The zero-order chi connectivity index (χ0) is 20.1. The quantitative estimate of drug-likeness (QED) is 0.819. The Bertz CT molecular complexity index is 848. The summed E-state index contributed by atoms with van der Waals surface area (Å²) in [4.78, 5) is 26.1. The number of aromatic nitrogens is 2. The molecule has 0 radical (unpaired) electrons. The maximum atomic E-state index is 12.4. The molecule has 1 aliphatic rings. The van der Waals surface area contributed by atoms with Crippen molar-refractivity contribution in [1.82, 2.24) is 14.7 Å². The number of anilines is 1. The number of hydrogen-bond acceptors (Lipinski definition) is 3. The van der Waals surface area contributed by atoms with Crippen LogP contribution in [0.3, 0.4) is 0 Å². The number of carbonyl (C=O) groups is 2. The van der Waals surface area contributed by atoms with Crippen LogP contribution in [0.4, 0.5) is 18.9 Å². The molecule has 1 aromatic carbocycles. The zero-order valence-electron chi connectivity index (χ0n) is 15.2. The fourth-order valence-electron chi connectivity index (χ4n) is 3.19. The number of benzene rings is 1. The van der Waals surface area contributed by atoms with E-state index in [0.29, 0.717) is 24.2 Å². The minimum absolute atomic E-state index is 0.000278. The van der Waals surface area contributed by atoms with E-state index in [1.165, 1.54) is 11.8 Å². The van der Waals surface area contributed by atoms with E-state index in [4.69, 9.17) is 0 Å². The summed E-state index contributed by atoms with van der Waals surface area (Å²) in [6, 6.07) is 8.02. The molecule has 28 heavy (non-hydrogen) atoms. The lowest BCUT2D eigenvalue weighted by atomic mass is 9.99. The second kappa shape index (κ2) is 8.45. The molecule has 6 nitrogen and oxygen atoms in total. The highest BCUT2D eigenvalue weighted by atomic mass is 19.4. The summed E-state index contributed by atoms with van der Waals surface area (Å²) in [5, 5.41) is 6.06. The number of halogens is 3. The molecule has 0 fully saturated rings. The molecule has 2 amide bonds. The van der Waals surface area contributed by atoms with Crippen LogP contribution in [0.5, 0.6) is 0 Å². The second-order valence-corrected chi connectivity index (χ2v) is 6.78. The molecule has 150 valence electrons. The van der Waals surface area contributed by atoms with Crippen LogP contribution < -0.4 is 5.32 Å². The molecular formula is C19H21F3N4O2. The number of alkyl halides is 3. The number of hydrogen-bond donors (Lipinski definition) is 1. The summed E-state index contributed by atoms with van der Waals surface area (Å²) in [6.07, 6.45) is -0.516. The van der Waals surface area contributed by atoms with Gasteiger partial charge in [-0.3, -0.25) is 14.3 Å². The average Bonchev–Trinajstić information content (AvgIpc) is 3.05. The summed E-state index contributed by atoms with van der Waals surface area (Å²) in [5.41, 5.74) is 2.61. The third-order valence-electron chi connectivity index (χ3n) is 4.54. The summed E-state index contributed by atoms with van der Waals surface area (Å²) in [7, 11) is 0. The molecule has 1 aromatic heterocycles. The molecular weight excluding hydrogens is 373 g/mol. The zero-order valence-corrected chi connectivity index (χ0v) is 15.2. The van der Waals surface area contributed by atoms with Gasteiger partial charge in [-0.05, 0) is 24.0 Å². The van der Waals surface area contributed by atoms with Gasteiger partial charge in [0.2, 0.25) is 11.8 Å². The lowest BCUT2D eigenvalue weighted by molar-refractivity contribution is -0.142. The summed E-state index contributed by atoms with van der Waals surface area (Å²) < 4.78 is 37.6. The lowest BCUT2D eigenvalue weighted by Crippen LogP contribution is -2.35. The highest BCUT2D eigenvalue weighted by molar-refractivity contribution is 5.90. The molecule has 3 rings (SSSR count). The molecule has 0 saturated carbocycles. The van der Waals surface area contributed by atoms with Crippen molar-refractivity contribution < 1.29 is 22.8 Å². The van der Waals surface area contributed by atoms with Crippen molar-refractivity contribution in [3.63, 3.8) is 0 Å². The SMILES string of the molecule is O=C(CCCC(=O)N1CCc2ccccc2C1)Nc1cnn(CC(F)(F)F)c1. The first-order valence-electron chi connectivity index (χ1n) is 9.04. The molecule has 0 saturated heterocycles. The van der Waals surface area contributed by atoms with Gasteiger partial charge in [0.1, 0.15) is 6.54 Å². The minimum Gasteiger partial charge on any atom is -0.338 e. The van der Waals surface area contributed by atoms with Crippen molar-refractivity contribution >= 4 is 17.5 Å². The molecule has 2 aromatic rings. The van der Waals surface area contributed by atoms with Crippen molar-refractivity contribution in [3.8, 4) is 0 Å². The van der Waals surface area contributed by atoms with Crippen molar-refractivity contribution in [2.24, 2.45) is 0 Å². The van der Waals surface area contributed by atoms with Crippen molar-refractivity contribution in [3.05, 3.63) is 47.8 Å². The van der Waals surface area contributed by atoms with E-state index < -0.39 is 12.7 Å². The molecule has 0 aliphatic carbocycles. The first kappa shape index (κ1) is 19.9. The topological polar surface area (TPSA) is 67.2 Å². The third-order valence-corrected chi connectivity index (χ3v) is 4.54. The summed E-state index contributed by atoms with van der Waals surface area (Å²) >= 11 is 0. The van der Waals surface area contributed by atoms with E-state index in [-0.39, 0.29) is 30.3 Å². The first-order valence-corrected chi connectivity index (χ1v) is 9.04. The molecule has 0 spiro atoms. The number of rotatable bonds is 6. The molecule has 0 atom stereocenters. The highest BCUT2D eigenvalue weighted by Crippen LogP contribution is 2.20. The van der Waals surface area contributed by atoms with Crippen LogP contribution in [-0.2, 0) is 29.1 Å². The van der Waals surface area contributed by atoms with Gasteiger partial charge in [0.05, 0.1) is 11.9 Å². The summed E-state index contributed by atoms with van der Waals surface area (Å²) in [5.74, 6) is -0.358. The molecule has 0 unspecified atom stereocenters. The normalized spacial score (nSPS) is 13.9. The largest absolute Gasteiger partial charge is 0.408 e. The fraction of sp³-hybridized carbons (Fsp3) is 0.421. The Hall–Kier alpha value is -2.84. The number of amides is 2. The van der Waals surface area contributed by atoms with Crippen LogP contribution in [0, 0.1) is 0 Å². The Morgan fingerprint density at radius 2 is 1.89 bits per heavy atom. The van der Waals surface area contributed by atoms with E-state index in [9.17, 15) is 22.8 Å². The standard InChI is InChI=1S/C19H21F3N4O2/c20-19(21,22)13-26-12-16(10-23-26)24-17(27)6-3-7-18(28)25-9-8-14-4-1-2-5-15(14)11-25/h1-2,4-5,10,12H,3,6-9,11,13H2,(H,24,27). The molecule has 2 heterocycles. The van der Waals surface area contributed by atoms with Crippen LogP contribution in [-0.4, -0.2) is 39.2 Å². The van der Waals surface area contributed by atoms with Gasteiger partial charge in [-0.15, -0.1) is 0 Å². The smallest absolute Gasteiger partial charge is 0.338 e. The lowest BCUT2D eigenvalue weighted by Gasteiger charge is -2.29. The van der Waals surface area contributed by atoms with Gasteiger partial charge in [0.25, 0.3) is 0 Å². The Balaban J connectivity index is 1.40. The Labute approximate surface area is 160 Å². The third kappa shape index (κ3) is 5.58. The van der Waals surface area contributed by atoms with Crippen LogP contribution in [0.25, 0.3) is 0 Å². The van der Waals surface area contributed by atoms with Crippen molar-refractivity contribution in [2.45, 2.75) is 44.9 Å². The van der Waals surface area contributed by atoms with E-state index in [0.717, 1.165) is 18.2 Å². The maximum absolute atomic E-state index is 12.4. The predicted octanol–water partition coefficient (Wildman–Crippen LogP) is 3.14. The van der Waals surface area contributed by atoms with Crippen LogP contribution in [0.15, 0.2) is 36.7 Å². The van der Waals surface area contributed by atoms with Gasteiger partial charge in [0.15, 0.2) is 0 Å². The van der Waals surface area contributed by atoms with E-state index in [1.54, 1.807) is 4.90 Å². The molecule has 9 heteroatoms. The van der Waals surface area contributed by atoms with Crippen LogP contribution >= 0.6 is 0 Å². The maximum Gasteiger partial charge on any atom is 0.408 e. The van der Waals surface area contributed by atoms with Crippen LogP contribution in [0.1, 0.15) is 30.4 Å².